The Kier molecular flexibility index (Phi) is 4.88. The number of sulfonamides is 1. The summed E-state index contributed by atoms with van der Waals surface area (Å²) >= 11 is 0. The molecule has 1 aliphatic rings. The molecule has 156 valence electrons. The van der Waals surface area contributed by atoms with Crippen molar-refractivity contribution >= 4 is 26.5 Å². The van der Waals surface area contributed by atoms with Gasteiger partial charge in [-0.2, -0.15) is 0 Å². The molecule has 5 nitrogen and oxygen atoms in total. The van der Waals surface area contributed by atoms with E-state index in [1.54, 1.807) is 37.4 Å². The molecule has 6 heteroatoms. The van der Waals surface area contributed by atoms with Gasteiger partial charge < -0.3 is 10.1 Å². The summed E-state index contributed by atoms with van der Waals surface area (Å²) in [6.07, 6.45) is 0. The molecule has 0 aliphatic heterocycles. The predicted octanol–water partition coefficient (Wildman–Crippen LogP) is 5.03. The van der Waals surface area contributed by atoms with Gasteiger partial charge in [0.2, 0.25) is 10.0 Å². The fourth-order valence-electron chi connectivity index (χ4n) is 4.27. The van der Waals surface area contributed by atoms with Crippen molar-refractivity contribution in [2.45, 2.75) is 17.0 Å². The number of nitrogens with one attached hydrogen (secondary N) is 2. The maximum absolute atomic E-state index is 13.2. The second-order valence-electron chi connectivity index (χ2n) is 7.56. The van der Waals surface area contributed by atoms with E-state index in [2.05, 4.69) is 28.2 Å². The normalized spacial score (nSPS) is 17.6. The second kappa shape index (κ2) is 7.72. The molecule has 0 bridgehead atoms. The van der Waals surface area contributed by atoms with E-state index in [9.17, 15) is 8.42 Å². The van der Waals surface area contributed by atoms with Gasteiger partial charge in [0, 0.05) is 5.69 Å². The molecule has 0 heterocycles. The molecule has 0 spiro atoms. The molecule has 1 aliphatic carbocycles. The molecule has 0 saturated carbocycles. The van der Waals surface area contributed by atoms with Gasteiger partial charge in [-0.15, -0.1) is 0 Å². The zero-order chi connectivity index (χ0) is 21.4. The first-order valence-electron chi connectivity index (χ1n) is 10.1. The fourth-order valence-corrected chi connectivity index (χ4v) is 5.52. The third-order valence-electron chi connectivity index (χ3n) is 5.72. The molecule has 0 saturated heterocycles. The van der Waals surface area contributed by atoms with E-state index in [0.717, 1.165) is 33.3 Å². The Morgan fingerprint density at radius 2 is 1.39 bits per heavy atom. The SMILES string of the molecule is COc1ccc(N[C@H]2c3cccc4cccc(c34)[C@@H]2NS(=O)(=O)c2ccccc2)cc1. The zero-order valence-electron chi connectivity index (χ0n) is 16.9. The summed E-state index contributed by atoms with van der Waals surface area (Å²) in [6, 6.07) is 27.6. The Labute approximate surface area is 181 Å². The maximum Gasteiger partial charge on any atom is 0.241 e. The van der Waals surface area contributed by atoms with Gasteiger partial charge >= 0.3 is 0 Å². The van der Waals surface area contributed by atoms with Gasteiger partial charge in [-0.3, -0.25) is 0 Å². The minimum Gasteiger partial charge on any atom is -0.497 e. The van der Waals surface area contributed by atoms with Crippen molar-refractivity contribution in [1.82, 2.24) is 4.72 Å². The smallest absolute Gasteiger partial charge is 0.241 e. The first-order chi connectivity index (χ1) is 15.1. The molecule has 2 atom stereocenters. The number of ether oxygens (including phenoxy) is 1. The molecular weight excluding hydrogens is 408 g/mol. The molecule has 4 aromatic carbocycles. The van der Waals surface area contributed by atoms with Crippen molar-refractivity contribution < 1.29 is 13.2 Å². The average molecular weight is 431 g/mol. The van der Waals surface area contributed by atoms with Crippen LogP contribution in [0, 0.1) is 0 Å². The standard InChI is InChI=1S/C25H22N2O3S/c1-30-19-15-13-18(14-16-19)26-24-21-11-5-7-17-8-6-12-22(23(17)21)25(24)27-31(28,29)20-9-3-2-4-10-20/h2-16,24-27H,1H3/t24-,25-/m0/s1. The van der Waals surface area contributed by atoms with Gasteiger partial charge in [0.05, 0.1) is 24.1 Å². The third kappa shape index (κ3) is 3.54. The quantitative estimate of drug-likeness (QED) is 0.450. The molecule has 0 radical (unpaired) electrons. The van der Waals surface area contributed by atoms with E-state index < -0.39 is 16.1 Å². The Balaban J connectivity index is 1.57. The Morgan fingerprint density at radius 3 is 2.03 bits per heavy atom. The summed E-state index contributed by atoms with van der Waals surface area (Å²) in [7, 11) is -2.07. The van der Waals surface area contributed by atoms with Crippen LogP contribution in [0.4, 0.5) is 5.69 Å². The average Bonchev–Trinajstić information content (AvgIpc) is 3.09. The van der Waals surface area contributed by atoms with Crippen molar-refractivity contribution in [2.75, 3.05) is 12.4 Å². The van der Waals surface area contributed by atoms with Crippen molar-refractivity contribution in [2.24, 2.45) is 0 Å². The van der Waals surface area contributed by atoms with E-state index in [-0.39, 0.29) is 10.9 Å². The van der Waals surface area contributed by atoms with Gasteiger partial charge in [0.1, 0.15) is 5.75 Å². The van der Waals surface area contributed by atoms with E-state index in [0.29, 0.717) is 0 Å². The number of anilines is 1. The van der Waals surface area contributed by atoms with Crippen molar-refractivity contribution in [3.05, 3.63) is 102 Å². The lowest BCUT2D eigenvalue weighted by Crippen LogP contribution is -2.33. The minimum absolute atomic E-state index is 0.251. The van der Waals surface area contributed by atoms with Crippen LogP contribution in [0.5, 0.6) is 5.75 Å². The third-order valence-corrected chi connectivity index (χ3v) is 7.18. The number of hydrogen-bond donors (Lipinski definition) is 2. The molecule has 0 amide bonds. The van der Waals surface area contributed by atoms with Crippen LogP contribution in [0.3, 0.4) is 0 Å². The van der Waals surface area contributed by atoms with Crippen LogP contribution in [0.1, 0.15) is 23.2 Å². The van der Waals surface area contributed by atoms with Crippen molar-refractivity contribution in [3.63, 3.8) is 0 Å². The second-order valence-corrected chi connectivity index (χ2v) is 9.27. The number of benzene rings is 4. The van der Waals surface area contributed by atoms with Crippen LogP contribution in [-0.4, -0.2) is 15.5 Å². The maximum atomic E-state index is 13.2. The van der Waals surface area contributed by atoms with Crippen LogP contribution >= 0.6 is 0 Å². The first-order valence-corrected chi connectivity index (χ1v) is 11.5. The fraction of sp³-hybridized carbons (Fsp3) is 0.120. The summed E-state index contributed by atoms with van der Waals surface area (Å²) in [6.45, 7) is 0. The van der Waals surface area contributed by atoms with Crippen LogP contribution in [0.25, 0.3) is 10.8 Å². The van der Waals surface area contributed by atoms with E-state index >= 15 is 0 Å². The number of methoxy groups -OCH3 is 1. The Bertz CT molecular complexity index is 1330. The lowest BCUT2D eigenvalue weighted by molar-refractivity contribution is 0.415. The number of hydrogen-bond acceptors (Lipinski definition) is 4. The van der Waals surface area contributed by atoms with Crippen molar-refractivity contribution in [3.8, 4) is 5.75 Å². The van der Waals surface area contributed by atoms with Crippen LogP contribution in [-0.2, 0) is 10.0 Å². The van der Waals surface area contributed by atoms with Gasteiger partial charge in [-0.25, -0.2) is 13.1 Å². The lowest BCUT2D eigenvalue weighted by atomic mass is 10.0. The largest absolute Gasteiger partial charge is 0.497 e. The summed E-state index contributed by atoms with van der Waals surface area (Å²) in [5, 5.41) is 5.73. The minimum atomic E-state index is -3.70. The van der Waals surface area contributed by atoms with Crippen LogP contribution in [0.15, 0.2) is 95.9 Å². The van der Waals surface area contributed by atoms with Gasteiger partial charge in [-0.1, -0.05) is 54.6 Å². The molecule has 0 fully saturated rings. The molecule has 0 unspecified atom stereocenters. The van der Waals surface area contributed by atoms with Gasteiger partial charge in [0.15, 0.2) is 0 Å². The van der Waals surface area contributed by atoms with Crippen LogP contribution in [0.2, 0.25) is 0 Å². The summed E-state index contributed by atoms with van der Waals surface area (Å²) in [5.41, 5.74) is 2.93. The Hall–Kier alpha value is -3.35. The molecule has 31 heavy (non-hydrogen) atoms. The summed E-state index contributed by atoms with van der Waals surface area (Å²) in [4.78, 5) is 0.251. The lowest BCUT2D eigenvalue weighted by Gasteiger charge is -2.25. The highest BCUT2D eigenvalue weighted by Crippen LogP contribution is 2.46. The zero-order valence-corrected chi connectivity index (χ0v) is 17.8. The van der Waals surface area contributed by atoms with E-state index in [1.807, 2.05) is 42.5 Å². The van der Waals surface area contributed by atoms with Gasteiger partial charge in [0.25, 0.3) is 0 Å². The molecule has 0 aromatic heterocycles. The van der Waals surface area contributed by atoms with E-state index in [1.165, 1.54) is 0 Å². The highest BCUT2D eigenvalue weighted by Gasteiger charge is 2.37. The van der Waals surface area contributed by atoms with E-state index in [4.69, 9.17) is 4.74 Å². The van der Waals surface area contributed by atoms with Crippen LogP contribution < -0.4 is 14.8 Å². The molecule has 4 aromatic rings. The first kappa shape index (κ1) is 19.6. The summed E-state index contributed by atoms with van der Waals surface area (Å²) in [5.74, 6) is 0.767. The Morgan fingerprint density at radius 1 is 0.742 bits per heavy atom. The summed E-state index contributed by atoms with van der Waals surface area (Å²) < 4.78 is 34.6. The highest BCUT2D eigenvalue weighted by molar-refractivity contribution is 7.89. The number of rotatable bonds is 6. The predicted molar refractivity (Wildman–Crippen MR) is 123 cm³/mol. The van der Waals surface area contributed by atoms with Gasteiger partial charge in [-0.05, 0) is 58.3 Å². The highest BCUT2D eigenvalue weighted by atomic mass is 32.2. The molecule has 5 rings (SSSR count). The molecular formula is C25H22N2O3S. The topological polar surface area (TPSA) is 67.4 Å². The molecule has 2 N–H and O–H groups in total. The monoisotopic (exact) mass is 430 g/mol. The van der Waals surface area contributed by atoms with Crippen molar-refractivity contribution in [1.29, 1.82) is 0 Å².